The van der Waals surface area contributed by atoms with Crippen LogP contribution >= 0.6 is 0 Å². The monoisotopic (exact) mass is 424 g/mol. The zero-order valence-corrected chi connectivity index (χ0v) is 17.0. The maximum atomic E-state index is 13.8. The van der Waals surface area contributed by atoms with Crippen molar-refractivity contribution in [3.8, 4) is 0 Å². The fourth-order valence-electron chi connectivity index (χ4n) is 3.62. The average Bonchev–Trinajstić information content (AvgIpc) is 2.73. The van der Waals surface area contributed by atoms with Crippen LogP contribution in [-0.4, -0.2) is 14.3 Å². The van der Waals surface area contributed by atoms with Crippen LogP contribution in [-0.2, 0) is 15.6 Å². The number of carbonyl (C=O) groups excluding carboxylic acids is 1. The molecule has 1 aliphatic rings. The number of halogens is 1. The van der Waals surface area contributed by atoms with Crippen LogP contribution in [0, 0.1) is 5.82 Å². The third-order valence-electron chi connectivity index (χ3n) is 5.41. The summed E-state index contributed by atoms with van der Waals surface area (Å²) in [6.07, 6.45) is 2.67. The van der Waals surface area contributed by atoms with Crippen molar-refractivity contribution in [1.82, 2.24) is 5.32 Å². The SMILES string of the molecule is O=C(NC1(c2ccccc2)CCC1)c1cccc(S(=O)(=O)Nc2ccccc2F)c1. The Hall–Kier alpha value is -3.19. The lowest BCUT2D eigenvalue weighted by molar-refractivity contribution is 0.0823. The van der Waals surface area contributed by atoms with E-state index < -0.39 is 21.4 Å². The molecule has 0 spiro atoms. The van der Waals surface area contributed by atoms with E-state index in [1.54, 1.807) is 6.07 Å². The largest absolute Gasteiger partial charge is 0.343 e. The van der Waals surface area contributed by atoms with Gasteiger partial charge in [-0.05, 0) is 55.2 Å². The van der Waals surface area contributed by atoms with Gasteiger partial charge in [0.2, 0.25) is 0 Å². The number of carbonyl (C=O) groups is 1. The molecule has 1 saturated carbocycles. The molecule has 0 aromatic heterocycles. The predicted octanol–water partition coefficient (Wildman–Crippen LogP) is 4.44. The van der Waals surface area contributed by atoms with Crippen molar-refractivity contribution < 1.29 is 17.6 Å². The van der Waals surface area contributed by atoms with Crippen LogP contribution < -0.4 is 10.0 Å². The standard InChI is InChI=1S/C23H21FN2O3S/c24-20-12-4-5-13-21(20)26-30(28,29)19-11-6-8-17(16-19)22(27)25-23(14-7-15-23)18-9-2-1-3-10-18/h1-6,8-13,16,26H,7,14-15H2,(H,25,27). The van der Waals surface area contributed by atoms with Gasteiger partial charge in [-0.25, -0.2) is 12.8 Å². The molecule has 7 heteroatoms. The Bertz CT molecular complexity index is 1180. The van der Waals surface area contributed by atoms with E-state index in [0.717, 1.165) is 24.8 Å². The zero-order chi connectivity index (χ0) is 21.2. The summed E-state index contributed by atoms with van der Waals surface area (Å²) in [6.45, 7) is 0. The number of hydrogen-bond donors (Lipinski definition) is 2. The second-order valence-corrected chi connectivity index (χ2v) is 9.05. The molecule has 5 nitrogen and oxygen atoms in total. The number of hydrogen-bond acceptors (Lipinski definition) is 3. The van der Waals surface area contributed by atoms with Crippen LogP contribution in [0.4, 0.5) is 10.1 Å². The first-order valence-corrected chi connectivity index (χ1v) is 11.1. The Balaban J connectivity index is 1.57. The number of rotatable bonds is 6. The van der Waals surface area contributed by atoms with Crippen LogP contribution in [0.1, 0.15) is 35.2 Å². The molecule has 154 valence electrons. The minimum Gasteiger partial charge on any atom is -0.343 e. The molecule has 30 heavy (non-hydrogen) atoms. The molecule has 2 N–H and O–H groups in total. The van der Waals surface area contributed by atoms with Crippen molar-refractivity contribution in [2.75, 3.05) is 4.72 Å². The van der Waals surface area contributed by atoms with Gasteiger partial charge in [-0.2, -0.15) is 0 Å². The van der Waals surface area contributed by atoms with E-state index in [2.05, 4.69) is 10.0 Å². The van der Waals surface area contributed by atoms with Gasteiger partial charge in [0.25, 0.3) is 15.9 Å². The first-order chi connectivity index (χ1) is 14.4. The van der Waals surface area contributed by atoms with E-state index in [0.29, 0.717) is 0 Å². The van der Waals surface area contributed by atoms with Crippen molar-refractivity contribution in [3.05, 3.63) is 95.8 Å². The Morgan fingerprint density at radius 1 is 0.900 bits per heavy atom. The van der Waals surface area contributed by atoms with E-state index in [1.807, 2.05) is 30.3 Å². The molecule has 0 radical (unpaired) electrons. The van der Waals surface area contributed by atoms with E-state index in [4.69, 9.17) is 0 Å². The predicted molar refractivity (Wildman–Crippen MR) is 113 cm³/mol. The van der Waals surface area contributed by atoms with Crippen LogP contribution in [0.3, 0.4) is 0 Å². The lowest BCUT2D eigenvalue weighted by Crippen LogP contribution is -2.50. The fraction of sp³-hybridized carbons (Fsp3) is 0.174. The van der Waals surface area contributed by atoms with Gasteiger partial charge in [0.1, 0.15) is 5.82 Å². The Morgan fingerprint density at radius 2 is 1.60 bits per heavy atom. The molecule has 1 amide bonds. The summed E-state index contributed by atoms with van der Waals surface area (Å²) in [4.78, 5) is 12.8. The van der Waals surface area contributed by atoms with Crippen LogP contribution in [0.5, 0.6) is 0 Å². The molecule has 0 heterocycles. The van der Waals surface area contributed by atoms with E-state index >= 15 is 0 Å². The lowest BCUT2D eigenvalue weighted by atomic mass is 9.71. The fourth-order valence-corrected chi connectivity index (χ4v) is 4.73. The molecule has 0 unspecified atom stereocenters. The van der Waals surface area contributed by atoms with E-state index in [-0.39, 0.29) is 22.1 Å². The highest BCUT2D eigenvalue weighted by Crippen LogP contribution is 2.41. The van der Waals surface area contributed by atoms with Crippen molar-refractivity contribution in [1.29, 1.82) is 0 Å². The Labute approximate surface area is 175 Å². The van der Waals surface area contributed by atoms with Crippen LogP contribution in [0.15, 0.2) is 83.8 Å². The number of sulfonamides is 1. The first-order valence-electron chi connectivity index (χ1n) is 9.65. The second-order valence-electron chi connectivity index (χ2n) is 7.37. The number of para-hydroxylation sites is 1. The number of nitrogens with one attached hydrogen (secondary N) is 2. The normalized spacial score (nSPS) is 15.1. The van der Waals surface area contributed by atoms with Gasteiger partial charge in [-0.15, -0.1) is 0 Å². The highest BCUT2D eigenvalue weighted by Gasteiger charge is 2.40. The summed E-state index contributed by atoms with van der Waals surface area (Å²) in [6, 6.07) is 21.0. The van der Waals surface area contributed by atoms with Crippen LogP contribution in [0.2, 0.25) is 0 Å². The summed E-state index contributed by atoms with van der Waals surface area (Å²) >= 11 is 0. The molecule has 0 bridgehead atoms. The number of benzene rings is 3. The molecule has 3 aromatic rings. The van der Waals surface area contributed by atoms with Crippen molar-refractivity contribution in [3.63, 3.8) is 0 Å². The summed E-state index contributed by atoms with van der Waals surface area (Å²) in [5, 5.41) is 3.09. The molecular weight excluding hydrogens is 403 g/mol. The Morgan fingerprint density at radius 3 is 2.27 bits per heavy atom. The zero-order valence-electron chi connectivity index (χ0n) is 16.1. The van der Waals surface area contributed by atoms with Crippen molar-refractivity contribution in [2.45, 2.75) is 29.7 Å². The topological polar surface area (TPSA) is 75.3 Å². The van der Waals surface area contributed by atoms with E-state index in [1.165, 1.54) is 42.5 Å². The van der Waals surface area contributed by atoms with Crippen LogP contribution in [0.25, 0.3) is 0 Å². The first kappa shape index (κ1) is 20.1. The highest BCUT2D eigenvalue weighted by atomic mass is 32.2. The van der Waals surface area contributed by atoms with Gasteiger partial charge < -0.3 is 5.32 Å². The molecular formula is C23H21FN2O3S. The number of anilines is 1. The second kappa shape index (κ2) is 7.91. The molecule has 4 rings (SSSR count). The van der Waals surface area contributed by atoms with Gasteiger partial charge in [0.15, 0.2) is 0 Å². The summed E-state index contributed by atoms with van der Waals surface area (Å²) in [7, 11) is -4.05. The van der Waals surface area contributed by atoms with Gasteiger partial charge >= 0.3 is 0 Å². The van der Waals surface area contributed by atoms with Gasteiger partial charge in [0, 0.05) is 5.56 Å². The molecule has 0 aliphatic heterocycles. The third-order valence-corrected chi connectivity index (χ3v) is 6.77. The summed E-state index contributed by atoms with van der Waals surface area (Å²) < 4.78 is 41.5. The van der Waals surface area contributed by atoms with Gasteiger partial charge in [0.05, 0.1) is 16.1 Å². The molecule has 0 atom stereocenters. The quantitative estimate of drug-likeness (QED) is 0.614. The highest BCUT2D eigenvalue weighted by molar-refractivity contribution is 7.92. The smallest absolute Gasteiger partial charge is 0.262 e. The molecule has 3 aromatic carbocycles. The minimum atomic E-state index is -4.05. The van der Waals surface area contributed by atoms with Crippen molar-refractivity contribution in [2.24, 2.45) is 0 Å². The minimum absolute atomic E-state index is 0.110. The van der Waals surface area contributed by atoms with Crippen molar-refractivity contribution >= 4 is 21.6 Å². The van der Waals surface area contributed by atoms with Gasteiger partial charge in [-0.1, -0.05) is 48.5 Å². The van der Waals surface area contributed by atoms with Gasteiger partial charge in [-0.3, -0.25) is 9.52 Å². The lowest BCUT2D eigenvalue weighted by Gasteiger charge is -2.43. The number of amides is 1. The maximum absolute atomic E-state index is 13.8. The maximum Gasteiger partial charge on any atom is 0.262 e. The summed E-state index contributed by atoms with van der Waals surface area (Å²) in [5.74, 6) is -1.02. The van der Waals surface area contributed by atoms with E-state index in [9.17, 15) is 17.6 Å². The molecule has 1 fully saturated rings. The summed E-state index contributed by atoms with van der Waals surface area (Å²) in [5.41, 5.74) is 0.687. The Kier molecular flexibility index (Phi) is 5.30. The average molecular weight is 424 g/mol. The molecule has 0 saturated heterocycles. The molecule has 1 aliphatic carbocycles. The third kappa shape index (κ3) is 3.93.